The number of carbonyl (C=O) groups excluding carboxylic acids is 1. The molecule has 0 radical (unpaired) electrons. The highest BCUT2D eigenvalue weighted by Crippen LogP contribution is 2.20. The molecule has 0 aromatic heterocycles. The molecule has 0 bridgehead atoms. The number of hydrogen-bond donors (Lipinski definition) is 1. The highest BCUT2D eigenvalue weighted by molar-refractivity contribution is 6.31. The van der Waals surface area contributed by atoms with Gasteiger partial charge < -0.3 is 10.2 Å². The molecule has 5 heteroatoms. The largest absolute Gasteiger partial charge is 0.337 e. The lowest BCUT2D eigenvalue weighted by atomic mass is 10.2. The molecule has 98 valence electrons. The highest BCUT2D eigenvalue weighted by atomic mass is 35.5. The van der Waals surface area contributed by atoms with Crippen LogP contribution in [0.15, 0.2) is 18.2 Å². The summed E-state index contributed by atoms with van der Waals surface area (Å²) in [6, 6.07) is 4.10. The predicted molar refractivity (Wildman–Crippen MR) is 68.9 cm³/mol. The lowest BCUT2D eigenvalue weighted by Gasteiger charge is -2.23. The number of amides is 1. The van der Waals surface area contributed by atoms with Crippen LogP contribution in [0.25, 0.3) is 0 Å². The molecule has 1 aromatic rings. The third kappa shape index (κ3) is 3.00. The fourth-order valence-electron chi connectivity index (χ4n) is 2.07. The van der Waals surface area contributed by atoms with Crippen LogP contribution in [0.2, 0.25) is 5.02 Å². The topological polar surface area (TPSA) is 32.3 Å². The van der Waals surface area contributed by atoms with Crippen molar-refractivity contribution in [3.8, 4) is 0 Å². The van der Waals surface area contributed by atoms with Crippen molar-refractivity contribution in [1.29, 1.82) is 0 Å². The Bertz CT molecular complexity index is 453. The van der Waals surface area contributed by atoms with E-state index >= 15 is 0 Å². The van der Waals surface area contributed by atoms with Crippen molar-refractivity contribution in [3.63, 3.8) is 0 Å². The van der Waals surface area contributed by atoms with Crippen molar-refractivity contribution < 1.29 is 9.18 Å². The van der Waals surface area contributed by atoms with Crippen LogP contribution in [0.3, 0.4) is 0 Å². The molecule has 1 saturated heterocycles. The van der Waals surface area contributed by atoms with Gasteiger partial charge in [0.2, 0.25) is 5.91 Å². The van der Waals surface area contributed by atoms with Gasteiger partial charge in [0.25, 0.3) is 0 Å². The van der Waals surface area contributed by atoms with E-state index < -0.39 is 0 Å². The van der Waals surface area contributed by atoms with E-state index in [0.29, 0.717) is 18.1 Å². The second-order valence-corrected chi connectivity index (χ2v) is 4.93. The van der Waals surface area contributed by atoms with Crippen LogP contribution in [-0.4, -0.2) is 29.9 Å². The van der Waals surface area contributed by atoms with Gasteiger partial charge in [0.05, 0.1) is 6.04 Å². The predicted octanol–water partition coefficient (Wildman–Crippen LogP) is 2.19. The van der Waals surface area contributed by atoms with E-state index in [9.17, 15) is 9.18 Å². The second kappa shape index (κ2) is 5.67. The first-order valence-corrected chi connectivity index (χ1v) is 6.42. The first-order chi connectivity index (χ1) is 8.58. The van der Waals surface area contributed by atoms with Crippen LogP contribution < -0.4 is 5.32 Å². The van der Waals surface area contributed by atoms with Crippen LogP contribution in [0.1, 0.15) is 18.9 Å². The molecule has 2 rings (SSSR count). The molecule has 1 N–H and O–H groups in total. The Labute approximate surface area is 111 Å². The normalized spacial score (nSPS) is 20.9. The number of nitrogens with zero attached hydrogens (tertiary/aromatic N) is 1. The van der Waals surface area contributed by atoms with Gasteiger partial charge in [-0.05, 0) is 37.6 Å². The van der Waals surface area contributed by atoms with E-state index in [-0.39, 0.29) is 17.8 Å². The quantitative estimate of drug-likeness (QED) is 0.893. The fourth-order valence-corrected chi connectivity index (χ4v) is 2.30. The third-order valence-corrected chi connectivity index (χ3v) is 3.47. The highest BCUT2D eigenvalue weighted by Gasteiger charge is 2.23. The van der Waals surface area contributed by atoms with Gasteiger partial charge in [0.15, 0.2) is 0 Å². The van der Waals surface area contributed by atoms with Crippen LogP contribution in [0.4, 0.5) is 4.39 Å². The Kier molecular flexibility index (Phi) is 4.19. The molecule has 1 unspecified atom stereocenters. The number of carbonyl (C=O) groups is 1. The summed E-state index contributed by atoms with van der Waals surface area (Å²) in [4.78, 5) is 13.8. The Morgan fingerprint density at radius 2 is 2.33 bits per heavy atom. The number of hydrogen-bond acceptors (Lipinski definition) is 2. The molecule has 0 saturated carbocycles. The molecule has 18 heavy (non-hydrogen) atoms. The fraction of sp³-hybridized carbons (Fsp3) is 0.462. The van der Waals surface area contributed by atoms with Crippen molar-refractivity contribution in [2.24, 2.45) is 0 Å². The van der Waals surface area contributed by atoms with E-state index in [1.54, 1.807) is 11.0 Å². The van der Waals surface area contributed by atoms with Crippen LogP contribution in [0.5, 0.6) is 0 Å². The lowest BCUT2D eigenvalue weighted by Crippen LogP contribution is -2.41. The Hall–Kier alpha value is -1.13. The average molecular weight is 271 g/mol. The van der Waals surface area contributed by atoms with Gasteiger partial charge in [-0.3, -0.25) is 4.79 Å². The first-order valence-electron chi connectivity index (χ1n) is 6.04. The van der Waals surface area contributed by atoms with E-state index in [1.807, 2.05) is 6.92 Å². The molecule has 1 amide bonds. The molecule has 1 aromatic carbocycles. The molecule has 0 aliphatic carbocycles. The monoisotopic (exact) mass is 270 g/mol. The zero-order valence-electron chi connectivity index (χ0n) is 10.2. The number of nitrogens with one attached hydrogen (secondary N) is 1. The molecule has 1 aliphatic heterocycles. The maximum Gasteiger partial charge on any atom is 0.239 e. The lowest BCUT2D eigenvalue weighted by molar-refractivity contribution is -0.132. The van der Waals surface area contributed by atoms with Gasteiger partial charge in [-0.2, -0.15) is 0 Å². The molecule has 0 spiro atoms. The maximum atomic E-state index is 13.0. The summed E-state index contributed by atoms with van der Waals surface area (Å²) in [5.41, 5.74) is 0.778. The summed E-state index contributed by atoms with van der Waals surface area (Å²) in [7, 11) is 0. The number of rotatable bonds is 2. The van der Waals surface area contributed by atoms with E-state index in [2.05, 4.69) is 5.32 Å². The summed E-state index contributed by atoms with van der Waals surface area (Å²) in [5.74, 6) is -0.297. The SMILES string of the molecule is CC1NCCCN(Cc2ccc(F)cc2Cl)C1=O. The summed E-state index contributed by atoms with van der Waals surface area (Å²) in [6.45, 7) is 3.82. The molecular weight excluding hydrogens is 255 g/mol. The summed E-state index contributed by atoms with van der Waals surface area (Å²) in [5, 5.41) is 3.52. The Morgan fingerprint density at radius 1 is 1.56 bits per heavy atom. The molecule has 1 fully saturated rings. The average Bonchev–Trinajstić information content (AvgIpc) is 2.48. The minimum absolute atomic E-state index is 0.0629. The van der Waals surface area contributed by atoms with Gasteiger partial charge in [0, 0.05) is 18.1 Å². The zero-order chi connectivity index (χ0) is 13.1. The molecule has 1 heterocycles. The molecule has 1 atom stereocenters. The number of halogens is 2. The summed E-state index contributed by atoms with van der Waals surface area (Å²) >= 11 is 5.98. The van der Waals surface area contributed by atoms with Crippen LogP contribution >= 0.6 is 11.6 Å². The minimum Gasteiger partial charge on any atom is -0.337 e. The third-order valence-electron chi connectivity index (χ3n) is 3.11. The van der Waals surface area contributed by atoms with Gasteiger partial charge in [-0.15, -0.1) is 0 Å². The van der Waals surface area contributed by atoms with Crippen molar-refractivity contribution in [2.75, 3.05) is 13.1 Å². The Morgan fingerprint density at radius 3 is 3.06 bits per heavy atom. The van der Waals surface area contributed by atoms with E-state index in [4.69, 9.17) is 11.6 Å². The van der Waals surface area contributed by atoms with Crippen LogP contribution in [0, 0.1) is 5.82 Å². The van der Waals surface area contributed by atoms with Gasteiger partial charge in [-0.1, -0.05) is 17.7 Å². The molecule has 1 aliphatic rings. The summed E-state index contributed by atoms with van der Waals surface area (Å²) in [6.07, 6.45) is 0.912. The van der Waals surface area contributed by atoms with Gasteiger partial charge in [0.1, 0.15) is 5.82 Å². The van der Waals surface area contributed by atoms with Crippen molar-refractivity contribution >= 4 is 17.5 Å². The Balaban J connectivity index is 2.14. The van der Waals surface area contributed by atoms with Crippen molar-refractivity contribution in [1.82, 2.24) is 10.2 Å². The molecular formula is C13H16ClFN2O. The number of benzene rings is 1. The van der Waals surface area contributed by atoms with Crippen molar-refractivity contribution in [2.45, 2.75) is 25.9 Å². The van der Waals surface area contributed by atoms with E-state index in [0.717, 1.165) is 18.5 Å². The second-order valence-electron chi connectivity index (χ2n) is 4.52. The maximum absolute atomic E-state index is 13.0. The smallest absolute Gasteiger partial charge is 0.239 e. The first kappa shape index (κ1) is 13.3. The minimum atomic E-state index is -0.360. The van der Waals surface area contributed by atoms with Gasteiger partial charge >= 0.3 is 0 Å². The summed E-state index contributed by atoms with van der Waals surface area (Å²) < 4.78 is 13.0. The van der Waals surface area contributed by atoms with E-state index in [1.165, 1.54) is 12.1 Å². The van der Waals surface area contributed by atoms with Gasteiger partial charge in [-0.25, -0.2) is 4.39 Å². The van der Waals surface area contributed by atoms with Crippen molar-refractivity contribution in [3.05, 3.63) is 34.6 Å². The molecule has 3 nitrogen and oxygen atoms in total. The standard InChI is InChI=1S/C13H16ClFN2O/c1-9-13(18)17(6-2-5-16-9)8-10-3-4-11(15)7-12(10)14/h3-4,7,9,16H,2,5-6,8H2,1H3. The zero-order valence-corrected chi connectivity index (χ0v) is 11.0. The van der Waals surface area contributed by atoms with Crippen LogP contribution in [-0.2, 0) is 11.3 Å².